The number of hydrogen-bond donors (Lipinski definition) is 1. The molecule has 0 radical (unpaired) electrons. The standard InChI is InChI=1S/C10H24O2Si/c1-4-5-10-13(2,3)12-9-7-6-8-11/h11H,4-10H2,1-3H3. The van der Waals surface area contributed by atoms with E-state index in [1.54, 1.807) is 0 Å². The molecular formula is C10H24O2Si. The maximum absolute atomic E-state index is 8.59. The van der Waals surface area contributed by atoms with Gasteiger partial charge in [-0.15, -0.1) is 0 Å². The molecule has 0 aliphatic carbocycles. The van der Waals surface area contributed by atoms with Crippen molar-refractivity contribution < 1.29 is 9.53 Å². The molecule has 1 N–H and O–H groups in total. The molecule has 0 saturated heterocycles. The predicted octanol–water partition coefficient (Wildman–Crippen LogP) is 2.78. The van der Waals surface area contributed by atoms with Crippen LogP contribution in [0.15, 0.2) is 0 Å². The van der Waals surface area contributed by atoms with Gasteiger partial charge in [-0.05, 0) is 32.0 Å². The van der Waals surface area contributed by atoms with Gasteiger partial charge in [-0.2, -0.15) is 0 Å². The summed E-state index contributed by atoms with van der Waals surface area (Å²) in [6, 6.07) is 1.27. The topological polar surface area (TPSA) is 29.5 Å². The van der Waals surface area contributed by atoms with Crippen molar-refractivity contribution in [3.05, 3.63) is 0 Å². The first kappa shape index (κ1) is 13.1. The van der Waals surface area contributed by atoms with Gasteiger partial charge in [0.15, 0.2) is 8.32 Å². The molecule has 0 bridgehead atoms. The van der Waals surface area contributed by atoms with E-state index in [9.17, 15) is 0 Å². The van der Waals surface area contributed by atoms with E-state index in [1.807, 2.05) is 0 Å². The van der Waals surface area contributed by atoms with E-state index in [1.165, 1.54) is 18.9 Å². The molecule has 0 aliphatic heterocycles. The molecule has 0 aromatic heterocycles. The van der Waals surface area contributed by atoms with Crippen LogP contribution in [0.25, 0.3) is 0 Å². The molecule has 0 atom stereocenters. The van der Waals surface area contributed by atoms with Crippen LogP contribution in [0.1, 0.15) is 32.6 Å². The number of aliphatic hydroxyl groups is 1. The predicted molar refractivity (Wildman–Crippen MR) is 59.5 cm³/mol. The Morgan fingerprint density at radius 2 is 1.85 bits per heavy atom. The van der Waals surface area contributed by atoms with Gasteiger partial charge in [-0.25, -0.2) is 0 Å². The quantitative estimate of drug-likeness (QED) is 0.486. The Bertz CT molecular complexity index is 115. The van der Waals surface area contributed by atoms with Gasteiger partial charge in [-0.1, -0.05) is 19.8 Å². The highest BCUT2D eigenvalue weighted by Gasteiger charge is 2.20. The van der Waals surface area contributed by atoms with Crippen LogP contribution >= 0.6 is 0 Å². The minimum atomic E-state index is -1.36. The molecule has 0 unspecified atom stereocenters. The van der Waals surface area contributed by atoms with Crippen molar-refractivity contribution in [3.8, 4) is 0 Å². The van der Waals surface area contributed by atoms with E-state index in [0.717, 1.165) is 19.4 Å². The maximum atomic E-state index is 8.59. The van der Waals surface area contributed by atoms with Crippen LogP contribution in [0.2, 0.25) is 19.1 Å². The summed E-state index contributed by atoms with van der Waals surface area (Å²) in [6.07, 6.45) is 4.42. The van der Waals surface area contributed by atoms with Crippen LogP contribution in [0.5, 0.6) is 0 Å². The zero-order valence-electron chi connectivity index (χ0n) is 9.31. The summed E-state index contributed by atoms with van der Waals surface area (Å²) in [7, 11) is -1.36. The summed E-state index contributed by atoms with van der Waals surface area (Å²) in [6.45, 7) is 7.91. The molecule has 0 spiro atoms. The highest BCUT2D eigenvalue weighted by atomic mass is 28.4. The van der Waals surface area contributed by atoms with Crippen molar-refractivity contribution in [1.82, 2.24) is 0 Å². The monoisotopic (exact) mass is 204 g/mol. The molecule has 0 heterocycles. The first-order valence-electron chi connectivity index (χ1n) is 5.37. The number of unbranched alkanes of at least 4 members (excludes halogenated alkanes) is 2. The molecular weight excluding hydrogens is 180 g/mol. The third kappa shape index (κ3) is 8.47. The third-order valence-electron chi connectivity index (χ3n) is 2.18. The number of rotatable bonds is 8. The van der Waals surface area contributed by atoms with Crippen molar-refractivity contribution in [2.75, 3.05) is 13.2 Å². The van der Waals surface area contributed by atoms with E-state index < -0.39 is 8.32 Å². The Kier molecular flexibility index (Phi) is 7.61. The van der Waals surface area contributed by atoms with Crippen molar-refractivity contribution in [1.29, 1.82) is 0 Å². The van der Waals surface area contributed by atoms with Gasteiger partial charge in [0.1, 0.15) is 0 Å². The van der Waals surface area contributed by atoms with E-state index >= 15 is 0 Å². The minimum absolute atomic E-state index is 0.292. The lowest BCUT2D eigenvalue weighted by molar-refractivity contribution is 0.248. The Balaban J connectivity index is 3.39. The lowest BCUT2D eigenvalue weighted by Crippen LogP contribution is -2.30. The van der Waals surface area contributed by atoms with Crippen molar-refractivity contribution in [3.63, 3.8) is 0 Å². The Labute approximate surface area is 83.4 Å². The molecule has 0 fully saturated rings. The van der Waals surface area contributed by atoms with Gasteiger partial charge in [0.05, 0.1) is 0 Å². The molecule has 0 aromatic carbocycles. The molecule has 13 heavy (non-hydrogen) atoms. The molecule has 0 saturated carbocycles. The summed E-state index contributed by atoms with van der Waals surface area (Å²) < 4.78 is 5.86. The van der Waals surface area contributed by atoms with Crippen LogP contribution in [-0.2, 0) is 4.43 Å². The van der Waals surface area contributed by atoms with Crippen molar-refractivity contribution >= 4 is 8.32 Å². The van der Waals surface area contributed by atoms with Crippen LogP contribution in [0.3, 0.4) is 0 Å². The van der Waals surface area contributed by atoms with Crippen molar-refractivity contribution in [2.24, 2.45) is 0 Å². The number of aliphatic hydroxyl groups excluding tert-OH is 1. The second-order valence-electron chi connectivity index (χ2n) is 4.14. The van der Waals surface area contributed by atoms with E-state index in [2.05, 4.69) is 20.0 Å². The third-order valence-corrected chi connectivity index (χ3v) is 4.72. The van der Waals surface area contributed by atoms with Crippen LogP contribution in [0, 0.1) is 0 Å². The van der Waals surface area contributed by atoms with E-state index in [-0.39, 0.29) is 0 Å². The highest BCUT2D eigenvalue weighted by Crippen LogP contribution is 2.15. The molecule has 0 aromatic rings. The second-order valence-corrected chi connectivity index (χ2v) is 8.45. The zero-order chi connectivity index (χ0) is 10.2. The highest BCUT2D eigenvalue weighted by molar-refractivity contribution is 6.71. The van der Waals surface area contributed by atoms with Gasteiger partial charge in [0, 0.05) is 13.2 Å². The van der Waals surface area contributed by atoms with Gasteiger partial charge in [0.25, 0.3) is 0 Å². The molecule has 2 nitrogen and oxygen atoms in total. The lowest BCUT2D eigenvalue weighted by Gasteiger charge is -2.22. The van der Waals surface area contributed by atoms with Crippen LogP contribution < -0.4 is 0 Å². The van der Waals surface area contributed by atoms with Gasteiger partial charge in [-0.3, -0.25) is 0 Å². The first-order valence-corrected chi connectivity index (χ1v) is 8.49. The summed E-state index contributed by atoms with van der Waals surface area (Å²) in [4.78, 5) is 0. The average Bonchev–Trinajstić information content (AvgIpc) is 2.09. The SMILES string of the molecule is CCCC[Si](C)(C)OCCCCO. The zero-order valence-corrected chi connectivity index (χ0v) is 10.3. The largest absolute Gasteiger partial charge is 0.417 e. The fraction of sp³-hybridized carbons (Fsp3) is 1.00. The summed E-state index contributed by atoms with van der Waals surface area (Å²) in [5.74, 6) is 0. The van der Waals surface area contributed by atoms with Gasteiger partial charge >= 0.3 is 0 Å². The average molecular weight is 204 g/mol. The van der Waals surface area contributed by atoms with E-state index in [0.29, 0.717) is 6.61 Å². The van der Waals surface area contributed by atoms with Gasteiger partial charge in [0.2, 0.25) is 0 Å². The smallest absolute Gasteiger partial charge is 0.186 e. The van der Waals surface area contributed by atoms with Crippen LogP contribution in [0.4, 0.5) is 0 Å². The fourth-order valence-corrected chi connectivity index (χ4v) is 3.28. The Hall–Kier alpha value is 0.137. The van der Waals surface area contributed by atoms with Crippen molar-refractivity contribution in [2.45, 2.75) is 51.7 Å². The number of hydrogen-bond acceptors (Lipinski definition) is 2. The molecule has 3 heteroatoms. The summed E-state index contributed by atoms with van der Waals surface area (Å²) in [5.41, 5.74) is 0. The summed E-state index contributed by atoms with van der Waals surface area (Å²) in [5, 5.41) is 8.59. The van der Waals surface area contributed by atoms with Crippen LogP contribution in [-0.4, -0.2) is 26.6 Å². The summed E-state index contributed by atoms with van der Waals surface area (Å²) >= 11 is 0. The van der Waals surface area contributed by atoms with Gasteiger partial charge < -0.3 is 9.53 Å². The lowest BCUT2D eigenvalue weighted by atomic mass is 10.3. The first-order chi connectivity index (χ1) is 6.12. The molecule has 80 valence electrons. The normalized spacial score (nSPS) is 12.0. The fourth-order valence-electron chi connectivity index (χ4n) is 1.24. The molecule has 0 rings (SSSR count). The molecule has 0 aliphatic rings. The maximum Gasteiger partial charge on any atom is 0.186 e. The second kappa shape index (κ2) is 7.53. The molecule has 0 amide bonds. The Morgan fingerprint density at radius 3 is 2.38 bits per heavy atom. The van der Waals surface area contributed by atoms with E-state index in [4.69, 9.17) is 9.53 Å². The minimum Gasteiger partial charge on any atom is -0.417 e. The Morgan fingerprint density at radius 1 is 1.15 bits per heavy atom.